The molecule has 0 amide bonds. The standard InChI is InChI=1S/C17H24N4/c1-20-9-7-15(8-10-20)21-13-19-12-17(21)16(18)11-14-5-3-2-4-6-14/h2-6,12-13,15-16H,7-11,18H2,1H3/t16-/m1/s1. The summed E-state index contributed by atoms with van der Waals surface area (Å²) in [5.41, 5.74) is 8.87. The highest BCUT2D eigenvalue weighted by molar-refractivity contribution is 5.19. The van der Waals surface area contributed by atoms with E-state index in [9.17, 15) is 0 Å². The van der Waals surface area contributed by atoms with Gasteiger partial charge in [0, 0.05) is 12.2 Å². The fraction of sp³-hybridized carbons (Fsp3) is 0.471. The van der Waals surface area contributed by atoms with Crippen LogP contribution in [0.5, 0.6) is 0 Å². The van der Waals surface area contributed by atoms with E-state index in [2.05, 4.69) is 45.8 Å². The Morgan fingerprint density at radius 2 is 1.95 bits per heavy atom. The predicted molar refractivity (Wildman–Crippen MR) is 85.1 cm³/mol. The fourth-order valence-electron chi connectivity index (χ4n) is 3.15. The van der Waals surface area contributed by atoms with Crippen LogP contribution < -0.4 is 5.73 Å². The zero-order valence-corrected chi connectivity index (χ0v) is 12.7. The molecule has 1 aliphatic heterocycles. The van der Waals surface area contributed by atoms with Crippen LogP contribution in [-0.4, -0.2) is 34.6 Å². The first-order valence-corrected chi connectivity index (χ1v) is 7.74. The Morgan fingerprint density at radius 1 is 1.24 bits per heavy atom. The lowest BCUT2D eigenvalue weighted by atomic mass is 10.0. The maximum atomic E-state index is 6.44. The van der Waals surface area contributed by atoms with Crippen molar-refractivity contribution in [2.45, 2.75) is 31.3 Å². The first-order valence-electron chi connectivity index (χ1n) is 7.74. The van der Waals surface area contributed by atoms with Gasteiger partial charge in [-0.05, 0) is 45.0 Å². The van der Waals surface area contributed by atoms with E-state index in [-0.39, 0.29) is 6.04 Å². The Balaban J connectivity index is 1.72. The van der Waals surface area contributed by atoms with Gasteiger partial charge < -0.3 is 15.2 Å². The minimum absolute atomic E-state index is 0.00885. The number of nitrogens with two attached hydrogens (primary N) is 1. The largest absolute Gasteiger partial charge is 0.330 e. The summed E-state index contributed by atoms with van der Waals surface area (Å²) in [4.78, 5) is 6.73. The number of rotatable bonds is 4. The second-order valence-electron chi connectivity index (χ2n) is 6.06. The van der Waals surface area contributed by atoms with Crippen molar-refractivity contribution in [3.05, 3.63) is 54.1 Å². The molecule has 0 bridgehead atoms. The molecular weight excluding hydrogens is 260 g/mol. The van der Waals surface area contributed by atoms with Crippen LogP contribution in [0.3, 0.4) is 0 Å². The molecule has 0 radical (unpaired) electrons. The lowest BCUT2D eigenvalue weighted by molar-refractivity contribution is 0.218. The van der Waals surface area contributed by atoms with Crippen molar-refractivity contribution < 1.29 is 0 Å². The van der Waals surface area contributed by atoms with Gasteiger partial charge in [-0.2, -0.15) is 0 Å². The second-order valence-corrected chi connectivity index (χ2v) is 6.06. The summed E-state index contributed by atoms with van der Waals surface area (Å²) in [6.07, 6.45) is 7.11. The molecular formula is C17H24N4. The highest BCUT2D eigenvalue weighted by Crippen LogP contribution is 2.26. The third-order valence-corrected chi connectivity index (χ3v) is 4.46. The molecule has 2 aromatic rings. The van der Waals surface area contributed by atoms with Gasteiger partial charge in [-0.1, -0.05) is 30.3 Å². The third kappa shape index (κ3) is 3.34. The van der Waals surface area contributed by atoms with E-state index in [0.29, 0.717) is 6.04 Å². The van der Waals surface area contributed by atoms with Crippen LogP contribution in [0.4, 0.5) is 0 Å². The summed E-state index contributed by atoms with van der Waals surface area (Å²) in [5.74, 6) is 0. The van der Waals surface area contributed by atoms with Crippen molar-refractivity contribution in [3.8, 4) is 0 Å². The van der Waals surface area contributed by atoms with Gasteiger partial charge in [0.25, 0.3) is 0 Å². The maximum absolute atomic E-state index is 6.44. The summed E-state index contributed by atoms with van der Waals surface area (Å²) in [7, 11) is 2.19. The van der Waals surface area contributed by atoms with Crippen molar-refractivity contribution in [1.29, 1.82) is 0 Å². The number of imidazole rings is 1. The Kier molecular flexibility index (Phi) is 4.36. The van der Waals surface area contributed by atoms with Crippen LogP contribution in [0, 0.1) is 0 Å². The Morgan fingerprint density at radius 3 is 2.67 bits per heavy atom. The van der Waals surface area contributed by atoms with Gasteiger partial charge in [0.2, 0.25) is 0 Å². The minimum Gasteiger partial charge on any atom is -0.330 e. The van der Waals surface area contributed by atoms with Gasteiger partial charge in [0.1, 0.15) is 0 Å². The van der Waals surface area contributed by atoms with Crippen molar-refractivity contribution in [2.24, 2.45) is 5.73 Å². The van der Waals surface area contributed by atoms with E-state index < -0.39 is 0 Å². The highest BCUT2D eigenvalue weighted by atomic mass is 15.1. The van der Waals surface area contributed by atoms with Crippen LogP contribution in [0.2, 0.25) is 0 Å². The second kappa shape index (κ2) is 6.41. The summed E-state index contributed by atoms with van der Waals surface area (Å²) in [6, 6.07) is 11.0. The molecule has 0 spiro atoms. The lowest BCUT2D eigenvalue weighted by Gasteiger charge is -2.31. The smallest absolute Gasteiger partial charge is 0.0951 e. The quantitative estimate of drug-likeness (QED) is 0.938. The van der Waals surface area contributed by atoms with E-state index in [1.807, 2.05) is 18.6 Å². The topological polar surface area (TPSA) is 47.1 Å². The Bertz CT molecular complexity index is 555. The van der Waals surface area contributed by atoms with Crippen molar-refractivity contribution in [1.82, 2.24) is 14.5 Å². The fourth-order valence-corrected chi connectivity index (χ4v) is 3.15. The first kappa shape index (κ1) is 14.3. The number of likely N-dealkylation sites (tertiary alicyclic amines) is 1. The van der Waals surface area contributed by atoms with Crippen LogP contribution in [0.25, 0.3) is 0 Å². The molecule has 0 unspecified atom stereocenters. The van der Waals surface area contributed by atoms with Gasteiger partial charge in [-0.3, -0.25) is 0 Å². The number of hydrogen-bond acceptors (Lipinski definition) is 3. The van der Waals surface area contributed by atoms with Crippen LogP contribution in [-0.2, 0) is 6.42 Å². The number of nitrogens with zero attached hydrogens (tertiary/aromatic N) is 3. The molecule has 0 saturated carbocycles. The monoisotopic (exact) mass is 284 g/mol. The molecule has 2 N–H and O–H groups in total. The van der Waals surface area contributed by atoms with E-state index in [4.69, 9.17) is 5.73 Å². The van der Waals surface area contributed by atoms with Gasteiger partial charge in [-0.15, -0.1) is 0 Å². The van der Waals surface area contributed by atoms with Gasteiger partial charge >= 0.3 is 0 Å². The molecule has 4 heteroatoms. The summed E-state index contributed by atoms with van der Waals surface area (Å²) < 4.78 is 2.31. The van der Waals surface area contributed by atoms with Crippen LogP contribution in [0.15, 0.2) is 42.9 Å². The number of aromatic nitrogens is 2. The normalized spacial score (nSPS) is 18.8. The average Bonchev–Trinajstić information content (AvgIpc) is 2.98. The Hall–Kier alpha value is -1.65. The van der Waals surface area contributed by atoms with E-state index in [0.717, 1.165) is 25.2 Å². The van der Waals surface area contributed by atoms with Crippen LogP contribution in [0.1, 0.15) is 36.2 Å². The third-order valence-electron chi connectivity index (χ3n) is 4.46. The highest BCUT2D eigenvalue weighted by Gasteiger charge is 2.22. The molecule has 1 aliphatic rings. The van der Waals surface area contributed by atoms with Crippen molar-refractivity contribution in [3.63, 3.8) is 0 Å². The molecule has 1 aromatic heterocycles. The lowest BCUT2D eigenvalue weighted by Crippen LogP contribution is -2.32. The van der Waals surface area contributed by atoms with Crippen molar-refractivity contribution in [2.75, 3.05) is 20.1 Å². The SMILES string of the molecule is CN1CCC(n2cncc2[C@H](N)Cc2ccccc2)CC1. The number of benzene rings is 1. The zero-order valence-electron chi connectivity index (χ0n) is 12.7. The van der Waals surface area contributed by atoms with Crippen molar-refractivity contribution >= 4 is 0 Å². The Labute approximate surface area is 126 Å². The molecule has 0 aliphatic carbocycles. The van der Waals surface area contributed by atoms with E-state index in [1.54, 1.807) is 0 Å². The average molecular weight is 284 g/mol. The predicted octanol–water partition coefficient (Wildman–Crippen LogP) is 2.39. The number of hydrogen-bond donors (Lipinski definition) is 1. The molecule has 112 valence electrons. The molecule has 1 fully saturated rings. The molecule has 1 atom stereocenters. The minimum atomic E-state index is 0.00885. The summed E-state index contributed by atoms with van der Waals surface area (Å²) in [5, 5.41) is 0. The molecule has 3 rings (SSSR count). The maximum Gasteiger partial charge on any atom is 0.0951 e. The molecule has 21 heavy (non-hydrogen) atoms. The molecule has 4 nitrogen and oxygen atoms in total. The van der Waals surface area contributed by atoms with Gasteiger partial charge in [0.15, 0.2) is 0 Å². The zero-order chi connectivity index (χ0) is 14.7. The van der Waals surface area contributed by atoms with E-state index >= 15 is 0 Å². The van der Waals surface area contributed by atoms with Gasteiger partial charge in [0.05, 0.1) is 18.1 Å². The number of piperidine rings is 1. The first-order chi connectivity index (χ1) is 10.2. The molecule has 2 heterocycles. The molecule has 1 aromatic carbocycles. The van der Waals surface area contributed by atoms with E-state index in [1.165, 1.54) is 18.4 Å². The van der Waals surface area contributed by atoms with Gasteiger partial charge in [-0.25, -0.2) is 4.98 Å². The summed E-state index contributed by atoms with van der Waals surface area (Å²) in [6.45, 7) is 2.30. The molecule has 1 saturated heterocycles. The van der Waals surface area contributed by atoms with Crippen LogP contribution >= 0.6 is 0 Å². The summed E-state index contributed by atoms with van der Waals surface area (Å²) >= 11 is 0.